The Morgan fingerprint density at radius 2 is 2.00 bits per heavy atom. The van der Waals surface area contributed by atoms with Gasteiger partial charge in [0.05, 0.1) is 15.2 Å². The molecule has 1 N–H and O–H groups in total. The minimum absolute atomic E-state index is 0.125. The van der Waals surface area contributed by atoms with Crippen molar-refractivity contribution in [1.82, 2.24) is 10.3 Å². The predicted octanol–water partition coefficient (Wildman–Crippen LogP) is 4.90. The van der Waals surface area contributed by atoms with Crippen molar-refractivity contribution in [2.24, 2.45) is 5.92 Å². The Labute approximate surface area is 143 Å². The third kappa shape index (κ3) is 4.77. The molecule has 1 aromatic heterocycles. The third-order valence-corrected chi connectivity index (χ3v) is 5.65. The first-order chi connectivity index (χ1) is 10.9. The number of thiazole rings is 1. The van der Waals surface area contributed by atoms with Crippen LogP contribution in [0.4, 0.5) is 0 Å². The van der Waals surface area contributed by atoms with E-state index < -0.39 is 0 Å². The number of carbonyl (C=O) groups excluding carboxylic acids is 1. The molecule has 1 amide bonds. The van der Waals surface area contributed by atoms with Crippen LogP contribution in [0, 0.1) is 5.92 Å². The summed E-state index contributed by atoms with van der Waals surface area (Å²) in [5.41, 5.74) is 2.38. The highest BCUT2D eigenvalue weighted by Gasteiger charge is 2.14. The number of aryl methyl sites for hydroxylation is 1. The number of hydrogen-bond acceptors (Lipinski definition) is 3. The fourth-order valence-electron chi connectivity index (χ4n) is 2.50. The van der Waals surface area contributed by atoms with E-state index in [1.807, 2.05) is 0 Å². The minimum atomic E-state index is 0.125. The Morgan fingerprint density at radius 1 is 1.26 bits per heavy atom. The van der Waals surface area contributed by atoms with E-state index in [1.165, 1.54) is 10.3 Å². The summed E-state index contributed by atoms with van der Waals surface area (Å²) in [4.78, 5) is 16.7. The van der Waals surface area contributed by atoms with Crippen LogP contribution < -0.4 is 5.32 Å². The molecule has 0 radical (unpaired) electrons. The molecule has 0 saturated carbocycles. The second-order valence-corrected chi connectivity index (χ2v) is 7.85. The highest BCUT2D eigenvalue weighted by Crippen LogP contribution is 2.26. The van der Waals surface area contributed by atoms with Crippen LogP contribution in [-0.4, -0.2) is 16.9 Å². The van der Waals surface area contributed by atoms with E-state index in [4.69, 9.17) is 0 Å². The summed E-state index contributed by atoms with van der Waals surface area (Å²) in [6.07, 6.45) is 2.31. The number of nitrogens with one attached hydrogen (secondary N) is 1. The van der Waals surface area contributed by atoms with Gasteiger partial charge in [-0.25, -0.2) is 4.98 Å². The number of rotatable bonds is 7. The molecule has 2 aromatic rings. The van der Waals surface area contributed by atoms with Gasteiger partial charge in [-0.1, -0.05) is 40.2 Å². The third-order valence-electron chi connectivity index (χ3n) is 4.58. The van der Waals surface area contributed by atoms with E-state index in [1.54, 1.807) is 11.3 Å². The van der Waals surface area contributed by atoms with Crippen LogP contribution in [0.15, 0.2) is 18.2 Å². The first-order valence-corrected chi connectivity index (χ1v) is 9.41. The molecule has 0 bridgehead atoms. The number of fused-ring (bicyclic) bond motifs is 1. The van der Waals surface area contributed by atoms with Crippen LogP contribution in [0.2, 0.25) is 0 Å². The van der Waals surface area contributed by atoms with Crippen LogP contribution >= 0.6 is 11.3 Å². The van der Waals surface area contributed by atoms with Gasteiger partial charge in [-0.2, -0.15) is 0 Å². The zero-order chi connectivity index (χ0) is 17.0. The van der Waals surface area contributed by atoms with Crippen molar-refractivity contribution in [3.8, 4) is 0 Å². The summed E-state index contributed by atoms with van der Waals surface area (Å²) in [5, 5.41) is 4.14. The molecular weight excluding hydrogens is 304 g/mol. The molecule has 0 spiro atoms. The molecule has 3 nitrogen and oxygen atoms in total. The molecule has 2 atom stereocenters. The molecule has 23 heavy (non-hydrogen) atoms. The van der Waals surface area contributed by atoms with Gasteiger partial charge in [0, 0.05) is 18.9 Å². The molecule has 0 aliphatic rings. The quantitative estimate of drug-likeness (QED) is 0.783. The van der Waals surface area contributed by atoms with Gasteiger partial charge in [-0.3, -0.25) is 4.79 Å². The maximum atomic E-state index is 12.1. The molecule has 1 heterocycles. The van der Waals surface area contributed by atoms with E-state index in [0.29, 0.717) is 18.3 Å². The molecule has 4 heteroatoms. The molecule has 0 fully saturated rings. The van der Waals surface area contributed by atoms with Crippen molar-refractivity contribution in [3.05, 3.63) is 28.8 Å². The number of nitrogens with zero attached hydrogens (tertiary/aromatic N) is 1. The average molecular weight is 333 g/mol. The first kappa shape index (κ1) is 17.9. The van der Waals surface area contributed by atoms with Gasteiger partial charge >= 0.3 is 0 Å². The van der Waals surface area contributed by atoms with Crippen molar-refractivity contribution in [3.63, 3.8) is 0 Å². The van der Waals surface area contributed by atoms with Gasteiger partial charge in [-0.05, 0) is 36.5 Å². The van der Waals surface area contributed by atoms with Crippen molar-refractivity contribution < 1.29 is 4.79 Å². The lowest BCUT2D eigenvalue weighted by Gasteiger charge is -2.19. The molecule has 1 aromatic carbocycles. The van der Waals surface area contributed by atoms with Gasteiger partial charge in [0.25, 0.3) is 0 Å². The van der Waals surface area contributed by atoms with Gasteiger partial charge in [-0.15, -0.1) is 11.3 Å². The van der Waals surface area contributed by atoms with E-state index in [9.17, 15) is 4.79 Å². The molecule has 0 aliphatic carbocycles. The smallest absolute Gasteiger partial charge is 0.220 e. The maximum Gasteiger partial charge on any atom is 0.220 e. The van der Waals surface area contributed by atoms with Crippen molar-refractivity contribution in [2.75, 3.05) is 0 Å². The summed E-state index contributed by atoms with van der Waals surface area (Å²) in [7, 11) is 0. The minimum Gasteiger partial charge on any atom is -0.353 e. The second-order valence-electron chi connectivity index (χ2n) is 6.73. The van der Waals surface area contributed by atoms with Crippen LogP contribution in [0.1, 0.15) is 63.9 Å². The second kappa shape index (κ2) is 7.91. The number of benzene rings is 1. The lowest BCUT2D eigenvalue weighted by Crippen LogP contribution is -2.36. The molecule has 126 valence electrons. The Morgan fingerprint density at radius 3 is 2.65 bits per heavy atom. The van der Waals surface area contributed by atoms with E-state index >= 15 is 0 Å². The Balaban J connectivity index is 1.95. The monoisotopic (exact) mass is 332 g/mol. The number of hydrogen-bond donors (Lipinski definition) is 1. The normalized spacial score (nSPS) is 14.2. The fraction of sp³-hybridized carbons (Fsp3) is 0.579. The van der Waals surface area contributed by atoms with Crippen LogP contribution in [0.25, 0.3) is 10.2 Å². The van der Waals surface area contributed by atoms with E-state index in [0.717, 1.165) is 23.4 Å². The lowest BCUT2D eigenvalue weighted by molar-refractivity contribution is -0.122. The topological polar surface area (TPSA) is 42.0 Å². The largest absolute Gasteiger partial charge is 0.353 e. The van der Waals surface area contributed by atoms with Crippen molar-refractivity contribution in [2.45, 2.75) is 65.8 Å². The summed E-state index contributed by atoms with van der Waals surface area (Å²) >= 11 is 1.71. The maximum absolute atomic E-state index is 12.1. The number of carbonyl (C=O) groups is 1. The first-order valence-electron chi connectivity index (χ1n) is 8.59. The van der Waals surface area contributed by atoms with Crippen LogP contribution in [0.5, 0.6) is 0 Å². The average Bonchev–Trinajstić information content (AvgIpc) is 2.93. The Bertz CT molecular complexity index is 662. The lowest BCUT2D eigenvalue weighted by atomic mass is 10.0. The zero-order valence-electron chi connectivity index (χ0n) is 14.8. The van der Waals surface area contributed by atoms with Crippen LogP contribution in [0.3, 0.4) is 0 Å². The molecule has 0 saturated heterocycles. The number of aromatic nitrogens is 1. The van der Waals surface area contributed by atoms with Crippen molar-refractivity contribution >= 4 is 27.5 Å². The summed E-state index contributed by atoms with van der Waals surface area (Å²) in [5.74, 6) is 1.16. The molecular formula is C19H28N2OS. The Kier molecular flexibility index (Phi) is 6.17. The van der Waals surface area contributed by atoms with E-state index in [2.05, 4.69) is 63.1 Å². The fourth-order valence-corrected chi connectivity index (χ4v) is 3.51. The molecule has 2 unspecified atom stereocenters. The number of amides is 1. The van der Waals surface area contributed by atoms with Crippen LogP contribution in [-0.2, 0) is 11.2 Å². The summed E-state index contributed by atoms with van der Waals surface area (Å²) in [6, 6.07) is 6.70. The molecule has 0 aliphatic heterocycles. The highest BCUT2D eigenvalue weighted by atomic mass is 32.1. The predicted molar refractivity (Wildman–Crippen MR) is 99.1 cm³/mol. The van der Waals surface area contributed by atoms with Gasteiger partial charge < -0.3 is 5.32 Å². The van der Waals surface area contributed by atoms with Gasteiger partial charge in [0.1, 0.15) is 0 Å². The van der Waals surface area contributed by atoms with E-state index in [-0.39, 0.29) is 11.9 Å². The van der Waals surface area contributed by atoms with Gasteiger partial charge in [0.15, 0.2) is 0 Å². The highest BCUT2D eigenvalue weighted by molar-refractivity contribution is 7.18. The molecule has 2 rings (SSSR count). The summed E-state index contributed by atoms with van der Waals surface area (Å²) < 4.78 is 1.22. The zero-order valence-corrected chi connectivity index (χ0v) is 15.7. The van der Waals surface area contributed by atoms with Gasteiger partial charge in [0.2, 0.25) is 5.91 Å². The SMILES string of the molecule is CCC(C)C(C)NC(=O)CCc1nc2ccc(C(C)C)cc2s1. The summed E-state index contributed by atoms with van der Waals surface area (Å²) in [6.45, 7) is 10.8. The standard InChI is InChI=1S/C19H28N2OS/c1-6-13(4)14(5)20-18(22)9-10-19-21-16-8-7-15(12(2)3)11-17(16)23-19/h7-8,11-14H,6,9-10H2,1-5H3,(H,20,22). The Hall–Kier alpha value is -1.42. The van der Waals surface area contributed by atoms with Crippen molar-refractivity contribution in [1.29, 1.82) is 0 Å².